The Kier molecular flexibility index (Phi) is 3.22. The highest BCUT2D eigenvalue weighted by atomic mass is 19.1. The van der Waals surface area contributed by atoms with Gasteiger partial charge in [0, 0.05) is 0 Å². The number of H-pyrrole nitrogens is 1. The van der Waals surface area contributed by atoms with Gasteiger partial charge in [-0.15, -0.1) is 0 Å². The number of benzene rings is 1. The van der Waals surface area contributed by atoms with E-state index < -0.39 is 22.0 Å². The van der Waals surface area contributed by atoms with E-state index in [9.17, 15) is 19.3 Å². The molecule has 8 nitrogen and oxygen atoms in total. The molecule has 9 heteroatoms. The van der Waals surface area contributed by atoms with Crippen molar-refractivity contribution in [2.24, 2.45) is 0 Å². The molecule has 0 aliphatic rings. The average Bonchev–Trinajstić information content (AvgIpc) is 2.95. The summed E-state index contributed by atoms with van der Waals surface area (Å²) >= 11 is 0. The molecule has 0 saturated carbocycles. The number of aromatic nitrogens is 4. The summed E-state index contributed by atoms with van der Waals surface area (Å²) in [5, 5.41) is 13.5. The summed E-state index contributed by atoms with van der Waals surface area (Å²) in [4.78, 5) is 30.1. The fraction of sp³-hybridized carbons (Fsp3) is 0. The minimum absolute atomic E-state index is 0.0226. The van der Waals surface area contributed by atoms with Gasteiger partial charge in [-0.2, -0.15) is 4.52 Å². The Morgan fingerprint density at radius 2 is 2.00 bits per heavy atom. The zero-order valence-corrected chi connectivity index (χ0v) is 10.9. The molecule has 3 aromatic rings. The predicted octanol–water partition coefficient (Wildman–Crippen LogP) is 1.64. The third kappa shape index (κ3) is 2.35. The monoisotopic (exact) mass is 301 g/mol. The van der Waals surface area contributed by atoms with E-state index in [1.165, 1.54) is 42.7 Å². The van der Waals surface area contributed by atoms with Gasteiger partial charge in [-0.25, -0.2) is 14.4 Å². The van der Waals surface area contributed by atoms with Crippen LogP contribution in [0.3, 0.4) is 0 Å². The first-order valence-electron chi connectivity index (χ1n) is 6.10. The SMILES string of the molecule is O=c1c([N+](=O)[O-])c(/C=C/c2ccc(F)cc2)nc2nc[nH]n12. The molecule has 110 valence electrons. The van der Waals surface area contributed by atoms with Gasteiger partial charge >= 0.3 is 11.2 Å². The third-order valence-electron chi connectivity index (χ3n) is 2.92. The van der Waals surface area contributed by atoms with Crippen molar-refractivity contribution in [1.29, 1.82) is 0 Å². The Hall–Kier alpha value is -3.36. The van der Waals surface area contributed by atoms with Crippen LogP contribution >= 0.6 is 0 Å². The summed E-state index contributed by atoms with van der Waals surface area (Å²) in [5.74, 6) is -0.369. The molecular weight excluding hydrogens is 293 g/mol. The van der Waals surface area contributed by atoms with E-state index in [0.717, 1.165) is 4.52 Å². The second-order valence-corrected chi connectivity index (χ2v) is 4.32. The second kappa shape index (κ2) is 5.20. The van der Waals surface area contributed by atoms with Crippen LogP contribution in [-0.4, -0.2) is 24.5 Å². The molecule has 0 aliphatic carbocycles. The number of halogens is 1. The van der Waals surface area contributed by atoms with Gasteiger partial charge in [0.1, 0.15) is 12.1 Å². The van der Waals surface area contributed by atoms with Crippen molar-refractivity contribution in [2.45, 2.75) is 0 Å². The molecule has 0 saturated heterocycles. The van der Waals surface area contributed by atoms with Crippen LogP contribution in [0.4, 0.5) is 10.1 Å². The molecule has 0 radical (unpaired) electrons. The van der Waals surface area contributed by atoms with Crippen LogP contribution in [-0.2, 0) is 0 Å². The van der Waals surface area contributed by atoms with Crippen molar-refractivity contribution >= 4 is 23.6 Å². The smallest absolute Gasteiger partial charge is 0.277 e. The molecule has 0 aliphatic heterocycles. The first-order valence-corrected chi connectivity index (χ1v) is 6.10. The lowest BCUT2D eigenvalue weighted by molar-refractivity contribution is -0.386. The Bertz CT molecular complexity index is 942. The Balaban J connectivity index is 2.13. The molecule has 0 fully saturated rings. The van der Waals surface area contributed by atoms with Crippen LogP contribution in [0, 0.1) is 15.9 Å². The van der Waals surface area contributed by atoms with E-state index in [1.807, 2.05) is 0 Å². The maximum atomic E-state index is 12.8. The topological polar surface area (TPSA) is 106 Å². The molecule has 0 unspecified atom stereocenters. The van der Waals surface area contributed by atoms with E-state index >= 15 is 0 Å². The third-order valence-corrected chi connectivity index (χ3v) is 2.92. The van der Waals surface area contributed by atoms with Crippen LogP contribution in [0.2, 0.25) is 0 Å². The largest absolute Gasteiger partial charge is 0.361 e. The minimum Gasteiger partial charge on any atom is -0.277 e. The molecule has 0 spiro atoms. The highest BCUT2D eigenvalue weighted by Gasteiger charge is 2.22. The van der Waals surface area contributed by atoms with Gasteiger partial charge in [0.25, 0.3) is 5.78 Å². The summed E-state index contributed by atoms with van der Waals surface area (Å²) < 4.78 is 13.7. The molecule has 0 atom stereocenters. The Labute approximate surface area is 121 Å². The first-order chi connectivity index (χ1) is 10.6. The van der Waals surface area contributed by atoms with Gasteiger partial charge in [0.05, 0.1) is 4.92 Å². The standard InChI is InChI=1S/C13H8FN5O3/c14-9-4-1-8(2-5-9)3-6-10-11(19(21)22)12(20)18-13(17-10)15-7-16-18/h1-7H,(H,15,16,17)/b6-3+. The average molecular weight is 301 g/mol. The molecule has 1 N–H and O–H groups in total. The van der Waals surface area contributed by atoms with Crippen molar-refractivity contribution in [3.05, 3.63) is 68.1 Å². The molecular formula is C13H8FN5O3. The number of rotatable bonds is 3. The van der Waals surface area contributed by atoms with Crippen molar-refractivity contribution in [3.63, 3.8) is 0 Å². The van der Waals surface area contributed by atoms with E-state index in [1.54, 1.807) is 0 Å². The van der Waals surface area contributed by atoms with Crippen LogP contribution in [0.1, 0.15) is 11.3 Å². The van der Waals surface area contributed by atoms with Gasteiger partial charge in [0.2, 0.25) is 0 Å². The van der Waals surface area contributed by atoms with Crippen molar-refractivity contribution in [2.75, 3.05) is 0 Å². The number of nitrogens with one attached hydrogen (secondary N) is 1. The predicted molar refractivity (Wildman–Crippen MR) is 75.6 cm³/mol. The number of hydrogen-bond acceptors (Lipinski definition) is 5. The van der Waals surface area contributed by atoms with Gasteiger partial charge in [-0.1, -0.05) is 18.2 Å². The zero-order chi connectivity index (χ0) is 15.7. The van der Waals surface area contributed by atoms with E-state index in [-0.39, 0.29) is 11.5 Å². The quantitative estimate of drug-likeness (QED) is 0.584. The summed E-state index contributed by atoms with van der Waals surface area (Å²) in [6.07, 6.45) is 4.03. The van der Waals surface area contributed by atoms with Crippen molar-refractivity contribution < 1.29 is 9.31 Å². The number of nitrogens with zero attached hydrogens (tertiary/aromatic N) is 4. The summed E-state index contributed by atoms with van der Waals surface area (Å²) in [5.41, 5.74) is -1.03. The Morgan fingerprint density at radius 3 is 2.68 bits per heavy atom. The summed E-state index contributed by atoms with van der Waals surface area (Å²) in [7, 11) is 0. The molecule has 22 heavy (non-hydrogen) atoms. The number of nitro groups is 1. The zero-order valence-electron chi connectivity index (χ0n) is 10.9. The molecule has 2 heterocycles. The summed E-state index contributed by atoms with van der Waals surface area (Å²) in [6.45, 7) is 0. The maximum Gasteiger partial charge on any atom is 0.361 e. The lowest BCUT2D eigenvalue weighted by atomic mass is 10.2. The molecule has 1 aromatic carbocycles. The molecule has 2 aromatic heterocycles. The normalized spacial score (nSPS) is 11.3. The van der Waals surface area contributed by atoms with Crippen molar-refractivity contribution in [1.82, 2.24) is 19.6 Å². The first kappa shape index (κ1) is 13.6. The highest BCUT2D eigenvalue weighted by molar-refractivity contribution is 5.72. The molecule has 0 bridgehead atoms. The minimum atomic E-state index is -0.855. The van der Waals surface area contributed by atoms with Crippen LogP contribution in [0.25, 0.3) is 17.9 Å². The second-order valence-electron chi connectivity index (χ2n) is 4.32. The summed E-state index contributed by atoms with van der Waals surface area (Å²) in [6, 6.07) is 5.51. The van der Waals surface area contributed by atoms with Crippen LogP contribution < -0.4 is 5.56 Å². The van der Waals surface area contributed by atoms with Crippen LogP contribution in [0.15, 0.2) is 35.4 Å². The van der Waals surface area contributed by atoms with Gasteiger partial charge < -0.3 is 0 Å². The van der Waals surface area contributed by atoms with E-state index in [4.69, 9.17) is 0 Å². The fourth-order valence-electron chi connectivity index (χ4n) is 1.90. The van der Waals surface area contributed by atoms with Gasteiger partial charge in [-0.05, 0) is 23.8 Å². The van der Waals surface area contributed by atoms with E-state index in [0.29, 0.717) is 5.56 Å². The lowest BCUT2D eigenvalue weighted by Crippen LogP contribution is -2.20. The number of aromatic amines is 1. The van der Waals surface area contributed by atoms with Crippen molar-refractivity contribution in [3.8, 4) is 0 Å². The van der Waals surface area contributed by atoms with E-state index in [2.05, 4.69) is 15.1 Å². The maximum absolute atomic E-state index is 12.8. The van der Waals surface area contributed by atoms with Gasteiger partial charge in [-0.3, -0.25) is 20.0 Å². The number of hydrogen-bond donors (Lipinski definition) is 1. The van der Waals surface area contributed by atoms with Gasteiger partial charge in [0.15, 0.2) is 5.69 Å². The Morgan fingerprint density at radius 1 is 1.27 bits per heavy atom. The number of fused-ring (bicyclic) bond motifs is 1. The fourth-order valence-corrected chi connectivity index (χ4v) is 1.90. The molecule has 3 rings (SSSR count). The van der Waals surface area contributed by atoms with Crippen LogP contribution in [0.5, 0.6) is 0 Å². The lowest BCUT2D eigenvalue weighted by Gasteiger charge is -1.98. The molecule has 0 amide bonds. The highest BCUT2D eigenvalue weighted by Crippen LogP contribution is 2.15.